The Morgan fingerprint density at radius 2 is 1.50 bits per heavy atom. The number of carbonyl (C=O) groups is 1. The molecule has 2 rings (SSSR count). The zero-order valence-corrected chi connectivity index (χ0v) is 9.71. The number of ketones is 1. The molecule has 0 fully saturated rings. The summed E-state index contributed by atoms with van der Waals surface area (Å²) in [5.41, 5.74) is 0.339. The van der Waals surface area contributed by atoms with E-state index in [-0.39, 0.29) is 23.6 Å². The van der Waals surface area contributed by atoms with Crippen molar-refractivity contribution in [3.05, 3.63) is 76.5 Å². The van der Waals surface area contributed by atoms with Crippen LogP contribution < -0.4 is 10.2 Å². The highest BCUT2D eigenvalue weighted by molar-refractivity contribution is 5.97. The Bertz CT molecular complexity index is 591. The Morgan fingerprint density at radius 3 is 2.22 bits per heavy atom. The van der Waals surface area contributed by atoms with Gasteiger partial charge in [0, 0.05) is 5.56 Å². The predicted octanol–water partition coefficient (Wildman–Crippen LogP) is 2.31. The molecule has 3 heteroatoms. The highest BCUT2D eigenvalue weighted by atomic mass is 16.5. The molecule has 3 nitrogen and oxygen atoms in total. The number of rotatable bonds is 4. The van der Waals surface area contributed by atoms with Gasteiger partial charge in [-0.3, -0.25) is 9.59 Å². The molecule has 0 heterocycles. The summed E-state index contributed by atoms with van der Waals surface area (Å²) in [6.45, 7) is -0.136. The molecule has 0 aliphatic heterocycles. The lowest BCUT2D eigenvalue weighted by atomic mass is 10.1. The Balaban J connectivity index is 2.07. The molecule has 0 radical (unpaired) electrons. The molecule has 0 aliphatic carbocycles. The van der Waals surface area contributed by atoms with Gasteiger partial charge in [-0.05, 0) is 12.1 Å². The number of hydrogen-bond acceptors (Lipinski definition) is 3. The molecule has 2 aromatic rings. The van der Waals surface area contributed by atoms with Crippen LogP contribution in [0.1, 0.15) is 10.4 Å². The average molecular weight is 240 g/mol. The lowest BCUT2D eigenvalue weighted by Crippen LogP contribution is -2.14. The smallest absolute Gasteiger partial charge is 0.220 e. The summed E-state index contributed by atoms with van der Waals surface area (Å²) in [6.07, 6.45) is 0. The third-order valence-corrected chi connectivity index (χ3v) is 2.41. The van der Waals surface area contributed by atoms with Gasteiger partial charge >= 0.3 is 0 Å². The van der Waals surface area contributed by atoms with Gasteiger partial charge in [0.2, 0.25) is 5.43 Å². The maximum Gasteiger partial charge on any atom is 0.220 e. The molecule has 0 atom stereocenters. The molecule has 0 spiro atoms. The van der Waals surface area contributed by atoms with E-state index in [9.17, 15) is 9.59 Å². The fourth-order valence-corrected chi connectivity index (χ4v) is 1.48. The van der Waals surface area contributed by atoms with Crippen molar-refractivity contribution in [3.63, 3.8) is 0 Å². The minimum absolute atomic E-state index is 0.136. The molecule has 2 aromatic carbocycles. The van der Waals surface area contributed by atoms with E-state index in [1.54, 1.807) is 48.5 Å². The lowest BCUT2D eigenvalue weighted by Gasteiger charge is -2.03. The molecule has 0 N–H and O–H groups in total. The maximum absolute atomic E-state index is 11.8. The predicted molar refractivity (Wildman–Crippen MR) is 69.0 cm³/mol. The van der Waals surface area contributed by atoms with Gasteiger partial charge in [-0.1, -0.05) is 48.5 Å². The van der Waals surface area contributed by atoms with Gasteiger partial charge in [-0.15, -0.1) is 0 Å². The molecule has 0 saturated heterocycles. The fraction of sp³-hybridized carbons (Fsp3) is 0.0667. The molecule has 18 heavy (non-hydrogen) atoms. The number of carbonyl (C=O) groups excluding carboxylic acids is 1. The van der Waals surface area contributed by atoms with E-state index in [1.165, 1.54) is 6.07 Å². The Labute approximate surface area is 105 Å². The van der Waals surface area contributed by atoms with Crippen LogP contribution in [0.2, 0.25) is 0 Å². The quantitative estimate of drug-likeness (QED) is 0.770. The van der Waals surface area contributed by atoms with E-state index in [0.29, 0.717) is 5.56 Å². The lowest BCUT2D eigenvalue weighted by molar-refractivity contribution is 0.0921. The van der Waals surface area contributed by atoms with Crippen molar-refractivity contribution in [1.29, 1.82) is 0 Å². The Hall–Kier alpha value is -2.42. The molecule has 0 bridgehead atoms. The minimum Gasteiger partial charge on any atom is -0.481 e. The van der Waals surface area contributed by atoms with Gasteiger partial charge in [0.15, 0.2) is 18.1 Å². The molecule has 0 aromatic heterocycles. The van der Waals surface area contributed by atoms with Crippen molar-refractivity contribution in [1.82, 2.24) is 0 Å². The van der Waals surface area contributed by atoms with Crippen molar-refractivity contribution in [2.45, 2.75) is 0 Å². The van der Waals surface area contributed by atoms with Crippen LogP contribution in [0.5, 0.6) is 5.75 Å². The van der Waals surface area contributed by atoms with E-state index in [4.69, 9.17) is 4.74 Å². The largest absolute Gasteiger partial charge is 0.481 e. The monoisotopic (exact) mass is 240 g/mol. The first-order valence-corrected chi connectivity index (χ1v) is 5.58. The number of ether oxygens (including phenoxy) is 1. The first kappa shape index (κ1) is 12.0. The minimum atomic E-state index is -0.235. The zero-order chi connectivity index (χ0) is 12.8. The van der Waals surface area contributed by atoms with Crippen molar-refractivity contribution in [2.75, 3.05) is 6.61 Å². The summed E-state index contributed by atoms with van der Waals surface area (Å²) < 4.78 is 5.25. The maximum atomic E-state index is 11.8. The summed E-state index contributed by atoms with van der Waals surface area (Å²) in [5.74, 6) is 0.0331. The van der Waals surface area contributed by atoms with Gasteiger partial charge in [0.1, 0.15) is 0 Å². The van der Waals surface area contributed by atoms with Gasteiger partial charge in [0.25, 0.3) is 0 Å². The number of benzene rings is 1. The molecule has 90 valence electrons. The fourth-order valence-electron chi connectivity index (χ4n) is 1.48. The Morgan fingerprint density at radius 1 is 0.889 bits per heavy atom. The third kappa shape index (κ3) is 3.04. The SMILES string of the molecule is O=C(COc1cccccc1=O)c1ccccc1. The van der Waals surface area contributed by atoms with Crippen LogP contribution in [0.25, 0.3) is 0 Å². The molecule has 0 amide bonds. The zero-order valence-electron chi connectivity index (χ0n) is 9.71. The second kappa shape index (κ2) is 5.77. The van der Waals surface area contributed by atoms with E-state index < -0.39 is 0 Å². The van der Waals surface area contributed by atoms with Gasteiger partial charge in [-0.2, -0.15) is 0 Å². The summed E-state index contributed by atoms with van der Waals surface area (Å²) in [7, 11) is 0. The molecule has 0 aliphatic rings. The van der Waals surface area contributed by atoms with Crippen LogP contribution in [0.4, 0.5) is 0 Å². The van der Waals surface area contributed by atoms with Crippen molar-refractivity contribution < 1.29 is 9.53 Å². The summed E-state index contributed by atoms with van der Waals surface area (Å²) in [5, 5.41) is 0. The summed E-state index contributed by atoms with van der Waals surface area (Å²) >= 11 is 0. The Kier molecular flexibility index (Phi) is 3.86. The van der Waals surface area contributed by atoms with Crippen molar-refractivity contribution in [2.24, 2.45) is 0 Å². The number of Topliss-reactive ketones (excluding diaryl/α,β-unsaturated/α-hetero) is 1. The second-order valence-corrected chi connectivity index (χ2v) is 3.72. The third-order valence-electron chi connectivity index (χ3n) is 2.41. The molecular formula is C15H12O3. The van der Waals surface area contributed by atoms with E-state index in [1.807, 2.05) is 6.07 Å². The number of hydrogen-bond donors (Lipinski definition) is 0. The van der Waals surface area contributed by atoms with Crippen LogP contribution >= 0.6 is 0 Å². The van der Waals surface area contributed by atoms with E-state index in [0.717, 1.165) is 0 Å². The standard InChI is InChI=1S/C15H12O3/c16-13-9-5-2-6-10-15(13)18-11-14(17)12-7-3-1-4-8-12/h1-10H,11H2. The van der Waals surface area contributed by atoms with Crippen LogP contribution in [-0.4, -0.2) is 12.4 Å². The van der Waals surface area contributed by atoms with Gasteiger partial charge in [0.05, 0.1) is 0 Å². The highest BCUT2D eigenvalue weighted by Crippen LogP contribution is 2.04. The summed E-state index contributed by atoms with van der Waals surface area (Å²) in [4.78, 5) is 23.3. The van der Waals surface area contributed by atoms with E-state index in [2.05, 4.69) is 0 Å². The molecule has 0 unspecified atom stereocenters. The molecular weight excluding hydrogens is 228 g/mol. The molecule has 0 saturated carbocycles. The van der Waals surface area contributed by atoms with Crippen molar-refractivity contribution >= 4 is 5.78 Å². The van der Waals surface area contributed by atoms with E-state index >= 15 is 0 Å². The summed E-state index contributed by atoms with van der Waals surface area (Å²) in [6, 6.07) is 16.9. The highest BCUT2D eigenvalue weighted by Gasteiger charge is 2.06. The topological polar surface area (TPSA) is 43.4 Å². The van der Waals surface area contributed by atoms with Gasteiger partial charge in [-0.25, -0.2) is 0 Å². The normalized spacial score (nSPS) is 9.78. The second-order valence-electron chi connectivity index (χ2n) is 3.72. The van der Waals surface area contributed by atoms with Crippen LogP contribution in [0.3, 0.4) is 0 Å². The van der Waals surface area contributed by atoms with Crippen LogP contribution in [0.15, 0.2) is 65.5 Å². The first-order valence-electron chi connectivity index (χ1n) is 5.58. The first-order chi connectivity index (χ1) is 8.77. The average Bonchev–Trinajstić information content (AvgIpc) is 2.62. The van der Waals surface area contributed by atoms with Crippen LogP contribution in [-0.2, 0) is 0 Å². The van der Waals surface area contributed by atoms with Crippen molar-refractivity contribution in [3.8, 4) is 5.75 Å². The van der Waals surface area contributed by atoms with Gasteiger partial charge < -0.3 is 4.74 Å². The van der Waals surface area contributed by atoms with Crippen LogP contribution in [0, 0.1) is 0 Å².